The van der Waals surface area contributed by atoms with Crippen LogP contribution in [0.25, 0.3) is 34.0 Å². The zero-order valence-corrected chi connectivity index (χ0v) is 26.7. The number of carbonyl (C=O) groups is 3. The third-order valence-electron chi connectivity index (χ3n) is 6.90. The lowest BCUT2D eigenvalue weighted by Crippen LogP contribution is -2.45. The number of aromatic nitrogens is 4. The number of ketones is 1. The highest BCUT2D eigenvalue weighted by Crippen LogP contribution is 2.32. The van der Waals surface area contributed by atoms with Gasteiger partial charge in [-0.15, -0.1) is 10.2 Å². The molecular weight excluding hydrogens is 616 g/mol. The smallest absolute Gasteiger partial charge is 0.273 e. The van der Waals surface area contributed by atoms with Gasteiger partial charge in [-0.25, -0.2) is 4.98 Å². The van der Waals surface area contributed by atoms with Crippen LogP contribution in [-0.4, -0.2) is 43.9 Å². The second-order valence-corrected chi connectivity index (χ2v) is 11.8. The van der Waals surface area contributed by atoms with E-state index in [9.17, 15) is 14.4 Å². The quantitative estimate of drug-likeness (QED) is 0.122. The first-order valence-corrected chi connectivity index (χ1v) is 15.0. The van der Waals surface area contributed by atoms with Gasteiger partial charge in [0.1, 0.15) is 22.8 Å². The van der Waals surface area contributed by atoms with Gasteiger partial charge in [0.25, 0.3) is 5.91 Å². The van der Waals surface area contributed by atoms with Crippen molar-refractivity contribution in [3.05, 3.63) is 115 Å². The molecule has 11 heteroatoms. The maximum absolute atomic E-state index is 13.6. The van der Waals surface area contributed by atoms with Crippen molar-refractivity contribution >= 4 is 40.6 Å². The Morgan fingerprint density at radius 2 is 1.55 bits per heavy atom. The number of halogens is 1. The lowest BCUT2D eigenvalue weighted by atomic mass is 9.87. The van der Waals surface area contributed by atoms with Gasteiger partial charge in [0.15, 0.2) is 5.78 Å². The summed E-state index contributed by atoms with van der Waals surface area (Å²) in [5.74, 6) is -0.969. The number of nitrogens with zero attached hydrogens (tertiary/aromatic N) is 4. The van der Waals surface area contributed by atoms with Crippen LogP contribution in [-0.2, 0) is 14.4 Å². The van der Waals surface area contributed by atoms with Crippen molar-refractivity contribution in [2.45, 2.75) is 26.9 Å². The fourth-order valence-corrected chi connectivity index (χ4v) is 4.62. The normalized spacial score (nSPS) is 11.7. The average molecular weight is 647 g/mol. The van der Waals surface area contributed by atoms with Gasteiger partial charge >= 0.3 is 0 Å². The first-order valence-electron chi connectivity index (χ1n) is 14.6. The third-order valence-corrected chi connectivity index (χ3v) is 7.23. The minimum atomic E-state index is -1.51. The van der Waals surface area contributed by atoms with Crippen LogP contribution in [0, 0.1) is 5.41 Å². The van der Waals surface area contributed by atoms with E-state index in [1.807, 2.05) is 42.5 Å². The molecule has 5 aromatic rings. The van der Waals surface area contributed by atoms with E-state index in [-0.39, 0.29) is 16.5 Å². The topological polar surface area (TPSA) is 136 Å². The van der Waals surface area contributed by atoms with Crippen LogP contribution in [0.5, 0.6) is 5.75 Å². The minimum absolute atomic E-state index is 0.192. The van der Waals surface area contributed by atoms with Crippen molar-refractivity contribution in [2.75, 3.05) is 10.6 Å². The molecule has 0 spiro atoms. The monoisotopic (exact) mass is 646 g/mol. The first kappa shape index (κ1) is 32.6. The lowest BCUT2D eigenvalue weighted by Gasteiger charge is -2.25. The van der Waals surface area contributed by atoms with Crippen molar-refractivity contribution in [1.82, 2.24) is 20.2 Å². The summed E-state index contributed by atoms with van der Waals surface area (Å²) in [5, 5.41) is 14.3. The summed E-state index contributed by atoms with van der Waals surface area (Å²) in [6, 6.07) is 26.4. The highest BCUT2D eigenvalue weighted by atomic mass is 35.5. The number of benzene rings is 3. The van der Waals surface area contributed by atoms with Gasteiger partial charge in [-0.3, -0.25) is 19.4 Å². The van der Waals surface area contributed by atoms with Gasteiger partial charge in [-0.05, 0) is 60.7 Å². The molecule has 2 N–H and O–H groups in total. The molecule has 0 aliphatic heterocycles. The van der Waals surface area contributed by atoms with E-state index in [2.05, 4.69) is 32.4 Å². The van der Waals surface area contributed by atoms with Crippen LogP contribution in [0.15, 0.2) is 110 Å². The third kappa shape index (κ3) is 7.92. The van der Waals surface area contributed by atoms with Crippen molar-refractivity contribution in [2.24, 2.45) is 5.41 Å². The van der Waals surface area contributed by atoms with E-state index in [1.165, 1.54) is 12.1 Å². The molecule has 2 aromatic heterocycles. The summed E-state index contributed by atoms with van der Waals surface area (Å²) < 4.78 is 6.04. The molecule has 0 saturated heterocycles. The number of Topliss-reactive ketones (excluding diaryl/α,β-unsaturated/α-hetero) is 1. The Labute approximate surface area is 276 Å². The number of carbonyl (C=O) groups excluding carboxylic acids is 3. The molecule has 47 heavy (non-hydrogen) atoms. The highest BCUT2D eigenvalue weighted by Gasteiger charge is 2.37. The number of amides is 2. The van der Waals surface area contributed by atoms with E-state index < -0.39 is 29.1 Å². The zero-order chi connectivity index (χ0) is 33.6. The highest BCUT2D eigenvalue weighted by molar-refractivity contribution is 6.34. The van der Waals surface area contributed by atoms with E-state index in [0.717, 1.165) is 11.6 Å². The van der Waals surface area contributed by atoms with Crippen molar-refractivity contribution in [3.8, 4) is 39.8 Å². The zero-order valence-electron chi connectivity index (χ0n) is 25.9. The van der Waals surface area contributed by atoms with Gasteiger partial charge in [-0.2, -0.15) is 0 Å². The SMILES string of the molecule is C=CC(=O)Nc1ccc(Cl)c(NC(=O)C(Oc2ccc(-c3nc(-c4ccccn4)nnc3-c3ccccc3)cc2)C(=O)C(C)(C)C)c1. The van der Waals surface area contributed by atoms with E-state index in [0.29, 0.717) is 34.2 Å². The predicted molar refractivity (Wildman–Crippen MR) is 182 cm³/mol. The molecule has 3 aromatic carbocycles. The molecular formula is C36H31ClN6O4. The summed E-state index contributed by atoms with van der Waals surface area (Å²) in [4.78, 5) is 48.0. The summed E-state index contributed by atoms with van der Waals surface area (Å²) in [6.07, 6.45) is 1.26. The van der Waals surface area contributed by atoms with Crippen LogP contribution in [0.3, 0.4) is 0 Å². The van der Waals surface area contributed by atoms with Gasteiger partial charge in [0.2, 0.25) is 17.8 Å². The van der Waals surface area contributed by atoms with Gasteiger partial charge in [0, 0.05) is 28.4 Å². The molecule has 0 aliphatic rings. The molecule has 1 unspecified atom stereocenters. The van der Waals surface area contributed by atoms with Crippen LogP contribution in [0.1, 0.15) is 20.8 Å². The molecule has 0 radical (unpaired) electrons. The molecule has 5 rings (SSSR count). The summed E-state index contributed by atoms with van der Waals surface area (Å²) in [7, 11) is 0. The fraction of sp³-hybridized carbons (Fsp3) is 0.139. The molecule has 10 nitrogen and oxygen atoms in total. The fourth-order valence-electron chi connectivity index (χ4n) is 4.46. The van der Waals surface area contributed by atoms with Crippen molar-refractivity contribution < 1.29 is 19.1 Å². The molecule has 2 heterocycles. The largest absolute Gasteiger partial charge is 0.473 e. The van der Waals surface area contributed by atoms with Crippen LogP contribution < -0.4 is 15.4 Å². The Hall–Kier alpha value is -5.74. The van der Waals surface area contributed by atoms with Crippen LogP contribution in [0.4, 0.5) is 11.4 Å². The lowest BCUT2D eigenvalue weighted by molar-refractivity contribution is -0.140. The number of hydrogen-bond acceptors (Lipinski definition) is 8. The maximum atomic E-state index is 13.6. The minimum Gasteiger partial charge on any atom is -0.473 e. The Morgan fingerprint density at radius 3 is 2.21 bits per heavy atom. The molecule has 236 valence electrons. The Kier molecular flexibility index (Phi) is 9.82. The van der Waals surface area contributed by atoms with E-state index >= 15 is 0 Å². The van der Waals surface area contributed by atoms with Crippen LogP contribution >= 0.6 is 11.6 Å². The predicted octanol–water partition coefficient (Wildman–Crippen LogP) is 7.05. The molecule has 0 aliphatic carbocycles. The Balaban J connectivity index is 1.45. The standard InChI is InChI=1S/C36H31ClN6O4/c1-5-29(44)39-24-16-19-26(37)28(21-24)40-35(46)32(33(45)36(2,3)4)47-25-17-14-23(15-18-25)30-31(22-11-7-6-8-12-22)42-43-34(41-30)27-13-9-10-20-38-27/h5-21,32H,1H2,2-4H3,(H,39,44)(H,40,46). The molecule has 0 bridgehead atoms. The molecule has 1 atom stereocenters. The second-order valence-electron chi connectivity index (χ2n) is 11.4. The van der Waals surface area contributed by atoms with Gasteiger partial charge in [0.05, 0.1) is 10.7 Å². The first-order chi connectivity index (χ1) is 22.5. The van der Waals surface area contributed by atoms with E-state index in [4.69, 9.17) is 21.3 Å². The summed E-state index contributed by atoms with van der Waals surface area (Å²) in [5.41, 5.74) is 2.90. The number of anilines is 2. The number of ether oxygens (including phenoxy) is 1. The van der Waals surface area contributed by atoms with Gasteiger partial charge in [-0.1, -0.05) is 75.3 Å². The van der Waals surface area contributed by atoms with E-state index in [1.54, 1.807) is 63.4 Å². The average Bonchev–Trinajstić information content (AvgIpc) is 3.08. The summed E-state index contributed by atoms with van der Waals surface area (Å²) in [6.45, 7) is 8.54. The number of hydrogen-bond donors (Lipinski definition) is 2. The van der Waals surface area contributed by atoms with Crippen molar-refractivity contribution in [1.29, 1.82) is 0 Å². The Morgan fingerprint density at radius 1 is 0.851 bits per heavy atom. The number of rotatable bonds is 10. The maximum Gasteiger partial charge on any atom is 0.273 e. The number of nitrogens with one attached hydrogen (secondary N) is 2. The van der Waals surface area contributed by atoms with Crippen LogP contribution in [0.2, 0.25) is 5.02 Å². The van der Waals surface area contributed by atoms with Crippen molar-refractivity contribution in [3.63, 3.8) is 0 Å². The van der Waals surface area contributed by atoms with Gasteiger partial charge < -0.3 is 15.4 Å². The molecule has 0 fully saturated rings. The molecule has 0 saturated carbocycles. The summed E-state index contributed by atoms with van der Waals surface area (Å²) >= 11 is 6.34. The molecule has 2 amide bonds. The second kappa shape index (κ2) is 14.1. The number of pyridine rings is 1. The Bertz CT molecular complexity index is 1930.